The fourth-order valence-electron chi connectivity index (χ4n) is 10.3. The maximum Gasteiger partial charge on any atom is 0.416 e. The van der Waals surface area contributed by atoms with E-state index >= 15 is 0 Å². The Hall–Kier alpha value is -7.62. The number of benzene rings is 4. The molecule has 0 saturated carbocycles. The fourth-order valence-corrected chi connectivity index (χ4v) is 12.3. The lowest BCUT2D eigenvalue weighted by Crippen LogP contribution is -2.47. The van der Waals surface area contributed by atoms with Gasteiger partial charge in [0.1, 0.15) is 0 Å². The monoisotopic (exact) mass is 1190 g/mol. The van der Waals surface area contributed by atoms with Gasteiger partial charge in [-0.1, -0.05) is 24.3 Å². The Labute approximate surface area is 465 Å². The Morgan fingerprint density at radius 3 is 1.43 bits per heavy atom. The van der Waals surface area contributed by atoms with Crippen LogP contribution in [0.5, 0.6) is 0 Å². The predicted molar refractivity (Wildman–Crippen MR) is 281 cm³/mol. The summed E-state index contributed by atoms with van der Waals surface area (Å²) >= 11 is 2.30. The molecule has 430 valence electrons. The van der Waals surface area contributed by atoms with Crippen molar-refractivity contribution in [2.24, 2.45) is 27.6 Å². The number of hydrogen-bond donors (Lipinski definition) is 2. The first-order chi connectivity index (χ1) is 38.6. The van der Waals surface area contributed by atoms with Gasteiger partial charge in [0.2, 0.25) is 11.8 Å². The van der Waals surface area contributed by atoms with Crippen LogP contribution in [0.4, 0.5) is 52.7 Å². The third-order valence-corrected chi connectivity index (χ3v) is 16.6. The summed E-state index contributed by atoms with van der Waals surface area (Å²) < 4.78 is 165. The van der Waals surface area contributed by atoms with E-state index in [1.54, 1.807) is 48.6 Å². The van der Waals surface area contributed by atoms with Crippen LogP contribution < -0.4 is 11.1 Å². The predicted octanol–water partition coefficient (Wildman–Crippen LogP) is 11.0. The third-order valence-electron chi connectivity index (χ3n) is 14.6. The van der Waals surface area contributed by atoms with Gasteiger partial charge in [-0.3, -0.25) is 28.5 Å². The van der Waals surface area contributed by atoms with Crippen molar-refractivity contribution in [3.8, 4) is 0 Å². The number of aromatic nitrogens is 4. The standard InChI is InChI=1S/C54H44F12N10O4S2/c55-51(56,57)35-5-3-31(39(21-35)53(61,62)63)26-75-41-7-1-28(17-33(41)24-68-75)19-43-47(79)71-49(81-43)73-13-9-30(10-14-73)38(46(67)78)23-45(77)70-37-11-15-74(16-12-37)50-72-48(80)44(82-50)20-29-2-8-42-34(18-29)25-69-76(42)27-32-4-6-36(52(58,59)60)22-40(32)54(64,65)66/h1-8,17-22,24-25,30,37-38H,9-16,23,26-27H2,(H2,67,78)(H,70,77). The molecule has 6 aromatic rings. The lowest BCUT2D eigenvalue weighted by molar-refractivity contribution is -0.145. The molecule has 14 nitrogen and oxygen atoms in total. The van der Waals surface area contributed by atoms with Crippen LogP contribution in [0.1, 0.15) is 76.6 Å². The number of primary amides is 1. The molecule has 0 bridgehead atoms. The molecule has 82 heavy (non-hydrogen) atoms. The van der Waals surface area contributed by atoms with Crippen molar-refractivity contribution in [2.45, 2.75) is 75.9 Å². The Morgan fingerprint density at radius 1 is 0.598 bits per heavy atom. The summed E-state index contributed by atoms with van der Waals surface area (Å²) in [5, 5.41) is 13.3. The van der Waals surface area contributed by atoms with Crippen molar-refractivity contribution in [1.82, 2.24) is 34.7 Å². The summed E-state index contributed by atoms with van der Waals surface area (Å²) in [5.41, 5.74) is 1.31. The summed E-state index contributed by atoms with van der Waals surface area (Å²) in [7, 11) is 0. The fraction of sp³-hybridized carbons (Fsp3) is 0.333. The lowest BCUT2D eigenvalue weighted by Gasteiger charge is -2.36. The number of nitrogens with zero attached hydrogens (tertiary/aromatic N) is 8. The van der Waals surface area contributed by atoms with E-state index in [1.165, 1.54) is 21.8 Å². The molecule has 4 aromatic carbocycles. The molecule has 4 amide bonds. The Kier molecular flexibility index (Phi) is 15.6. The Bertz CT molecular complexity index is 3660. The molecule has 0 spiro atoms. The highest BCUT2D eigenvalue weighted by molar-refractivity contribution is 8.18. The topological polar surface area (TPSA) is 173 Å². The van der Waals surface area contributed by atoms with Gasteiger partial charge in [-0.2, -0.15) is 72.9 Å². The van der Waals surface area contributed by atoms with Crippen LogP contribution in [0.15, 0.2) is 105 Å². The first-order valence-electron chi connectivity index (χ1n) is 25.2. The molecule has 3 N–H and O–H groups in total. The average molecular weight is 1190 g/mol. The molecule has 6 heterocycles. The number of thioether (sulfide) groups is 2. The molecular weight excluding hydrogens is 1140 g/mol. The van der Waals surface area contributed by atoms with E-state index in [0.29, 0.717) is 117 Å². The zero-order chi connectivity index (χ0) is 58.6. The summed E-state index contributed by atoms with van der Waals surface area (Å²) in [6.07, 6.45) is -12.2. The van der Waals surface area contributed by atoms with Crippen LogP contribution in [0.25, 0.3) is 34.0 Å². The van der Waals surface area contributed by atoms with Crippen LogP contribution in [0.2, 0.25) is 0 Å². The van der Waals surface area contributed by atoms with E-state index in [2.05, 4.69) is 25.5 Å². The van der Waals surface area contributed by atoms with Crippen molar-refractivity contribution < 1.29 is 71.9 Å². The number of aliphatic imine (C=N–C) groups is 2. The minimum Gasteiger partial charge on any atom is -0.369 e. The molecule has 1 unspecified atom stereocenters. The van der Waals surface area contributed by atoms with Crippen molar-refractivity contribution >= 4 is 91.4 Å². The Balaban J connectivity index is 0.682. The van der Waals surface area contributed by atoms with Gasteiger partial charge in [-0.15, -0.1) is 0 Å². The maximum absolute atomic E-state index is 13.8. The molecule has 2 aromatic heterocycles. The van der Waals surface area contributed by atoms with Gasteiger partial charge in [0, 0.05) is 55.3 Å². The van der Waals surface area contributed by atoms with Crippen LogP contribution in [-0.4, -0.2) is 95.5 Å². The number of halogens is 12. The molecule has 2 fully saturated rings. The molecule has 0 radical (unpaired) electrons. The number of amides is 4. The second kappa shape index (κ2) is 22.3. The molecule has 4 aliphatic rings. The molecular formula is C54H44F12N10O4S2. The molecule has 2 saturated heterocycles. The van der Waals surface area contributed by atoms with Crippen LogP contribution in [0, 0.1) is 11.8 Å². The largest absolute Gasteiger partial charge is 0.416 e. The first-order valence-corrected chi connectivity index (χ1v) is 26.9. The van der Waals surface area contributed by atoms with Crippen molar-refractivity contribution in [3.63, 3.8) is 0 Å². The molecule has 28 heteroatoms. The van der Waals surface area contributed by atoms with Crippen LogP contribution >= 0.6 is 23.5 Å². The summed E-state index contributed by atoms with van der Waals surface area (Å²) in [6.45, 7) is 0.817. The van der Waals surface area contributed by atoms with E-state index in [9.17, 15) is 71.9 Å². The number of likely N-dealkylation sites (tertiary alicyclic amines) is 2. The number of nitrogens with one attached hydrogen (secondary N) is 1. The van der Waals surface area contributed by atoms with E-state index in [1.807, 2.05) is 9.80 Å². The molecule has 4 aliphatic heterocycles. The molecule has 1 atom stereocenters. The van der Waals surface area contributed by atoms with Crippen molar-refractivity contribution in [3.05, 3.63) is 140 Å². The zero-order valence-electron chi connectivity index (χ0n) is 42.4. The highest BCUT2D eigenvalue weighted by Crippen LogP contribution is 2.41. The number of piperidine rings is 2. The SMILES string of the molecule is NC(=O)C(CC(=O)NC1CCN(C2=NC(=O)C(=Cc3ccc4c(cnn4Cc4ccc(C(F)(F)F)cc4C(F)(F)F)c3)S2)CC1)C1CCN(C2=NC(=O)C(=Cc3ccc4c(cnn4Cc4ccc(C(F)(F)F)cc4C(F)(F)F)c3)S2)CC1. The summed E-state index contributed by atoms with van der Waals surface area (Å²) in [5.74, 6) is -2.95. The highest BCUT2D eigenvalue weighted by atomic mass is 32.2. The molecule has 0 aliphatic carbocycles. The summed E-state index contributed by atoms with van der Waals surface area (Å²) in [4.78, 5) is 65.2. The first kappa shape index (κ1) is 57.6. The number of alkyl halides is 12. The van der Waals surface area contributed by atoms with Gasteiger partial charge in [-0.05, 0) is 138 Å². The van der Waals surface area contributed by atoms with Gasteiger partial charge in [0.25, 0.3) is 11.8 Å². The number of carbonyl (C=O) groups is 4. The minimum atomic E-state index is -5.05. The quantitative estimate of drug-likeness (QED) is 0.0939. The second-order valence-electron chi connectivity index (χ2n) is 20.0. The van der Waals surface area contributed by atoms with Gasteiger partial charge < -0.3 is 20.9 Å². The number of hydrogen-bond acceptors (Lipinski definition) is 10. The number of rotatable bonds is 11. The second-order valence-corrected chi connectivity index (χ2v) is 22.0. The van der Waals surface area contributed by atoms with Crippen molar-refractivity contribution in [1.29, 1.82) is 0 Å². The number of nitrogens with two attached hydrogens (primary N) is 1. The molecule has 10 rings (SSSR count). The highest BCUT2D eigenvalue weighted by Gasteiger charge is 2.41. The van der Waals surface area contributed by atoms with E-state index in [0.717, 1.165) is 35.7 Å². The van der Waals surface area contributed by atoms with Gasteiger partial charge in [-0.25, -0.2) is 0 Å². The number of carbonyl (C=O) groups excluding carboxylic acids is 4. The van der Waals surface area contributed by atoms with E-state index in [-0.39, 0.29) is 36.4 Å². The lowest BCUT2D eigenvalue weighted by atomic mass is 9.81. The maximum atomic E-state index is 13.8. The normalized spacial score (nSPS) is 18.6. The number of amidine groups is 2. The van der Waals surface area contributed by atoms with Crippen molar-refractivity contribution in [2.75, 3.05) is 26.2 Å². The smallest absolute Gasteiger partial charge is 0.369 e. The van der Waals surface area contributed by atoms with E-state index in [4.69, 9.17) is 5.73 Å². The van der Waals surface area contributed by atoms with Gasteiger partial charge in [0.05, 0.1) is 68.6 Å². The average Bonchev–Trinajstić information content (AvgIpc) is 4.24. The van der Waals surface area contributed by atoms with E-state index < -0.39 is 94.8 Å². The Morgan fingerprint density at radius 2 is 1.02 bits per heavy atom. The van der Waals surface area contributed by atoms with Crippen LogP contribution in [0.3, 0.4) is 0 Å². The van der Waals surface area contributed by atoms with Gasteiger partial charge in [0.15, 0.2) is 10.3 Å². The number of fused-ring (bicyclic) bond motifs is 2. The van der Waals surface area contributed by atoms with Crippen LogP contribution in [-0.2, 0) is 57.0 Å². The van der Waals surface area contributed by atoms with Gasteiger partial charge >= 0.3 is 24.7 Å². The zero-order valence-corrected chi connectivity index (χ0v) is 44.0. The minimum absolute atomic E-state index is 0.0816. The third kappa shape index (κ3) is 12.7. The summed E-state index contributed by atoms with van der Waals surface area (Å²) in [6, 6.07) is 12.4.